The Balaban J connectivity index is 2.93. The zero-order valence-electron chi connectivity index (χ0n) is 8.56. The van der Waals surface area contributed by atoms with E-state index in [2.05, 4.69) is 0 Å². The summed E-state index contributed by atoms with van der Waals surface area (Å²) in [7, 11) is 1.60. The second-order valence-corrected chi connectivity index (χ2v) is 3.14. The van der Waals surface area contributed by atoms with Crippen molar-refractivity contribution in [1.29, 1.82) is 5.26 Å². The van der Waals surface area contributed by atoms with E-state index in [0.29, 0.717) is 25.3 Å². The van der Waals surface area contributed by atoms with Crippen molar-refractivity contribution in [3.63, 3.8) is 0 Å². The molecule has 0 aromatic carbocycles. The van der Waals surface area contributed by atoms with Crippen molar-refractivity contribution in [1.82, 2.24) is 4.57 Å². The molecule has 0 aliphatic carbocycles. The first-order chi connectivity index (χ1) is 7.19. The number of methoxy groups -OCH3 is 1. The van der Waals surface area contributed by atoms with Gasteiger partial charge >= 0.3 is 0 Å². The maximum Gasteiger partial charge on any atom is 0.268 e. The highest BCUT2D eigenvalue weighted by Crippen LogP contribution is 2.01. The molecule has 0 saturated carbocycles. The fourth-order valence-corrected chi connectivity index (χ4v) is 1.28. The molecule has 0 saturated heterocycles. The second-order valence-electron chi connectivity index (χ2n) is 3.14. The quantitative estimate of drug-likeness (QED) is 0.722. The van der Waals surface area contributed by atoms with Gasteiger partial charge in [-0.3, -0.25) is 4.79 Å². The molecular weight excluding hydrogens is 194 g/mol. The summed E-state index contributed by atoms with van der Waals surface area (Å²) in [4.78, 5) is 11.6. The fourth-order valence-electron chi connectivity index (χ4n) is 1.28. The van der Waals surface area contributed by atoms with Crippen LogP contribution in [0.2, 0.25) is 0 Å². The summed E-state index contributed by atoms with van der Waals surface area (Å²) < 4.78 is 6.32. The molecule has 15 heavy (non-hydrogen) atoms. The summed E-state index contributed by atoms with van der Waals surface area (Å²) in [5, 5.41) is 8.70. The van der Waals surface area contributed by atoms with Gasteiger partial charge in [-0.1, -0.05) is 0 Å². The minimum atomic E-state index is -0.303. The Morgan fingerprint density at radius 1 is 1.67 bits per heavy atom. The van der Waals surface area contributed by atoms with Crippen molar-refractivity contribution in [2.45, 2.75) is 13.0 Å². The molecule has 5 heteroatoms. The van der Waals surface area contributed by atoms with Crippen LogP contribution in [0.25, 0.3) is 0 Å². The molecule has 0 bridgehead atoms. The predicted molar refractivity (Wildman–Crippen MR) is 56.3 cm³/mol. The first kappa shape index (κ1) is 11.3. The van der Waals surface area contributed by atoms with E-state index in [9.17, 15) is 4.79 Å². The first-order valence-corrected chi connectivity index (χ1v) is 4.58. The van der Waals surface area contributed by atoms with Crippen molar-refractivity contribution in [2.24, 2.45) is 0 Å². The third-order valence-corrected chi connectivity index (χ3v) is 1.98. The van der Waals surface area contributed by atoms with Gasteiger partial charge in [0.2, 0.25) is 0 Å². The topological polar surface area (TPSA) is 81.0 Å². The van der Waals surface area contributed by atoms with Gasteiger partial charge in [0.1, 0.15) is 11.6 Å². The Morgan fingerprint density at radius 2 is 2.40 bits per heavy atom. The molecule has 0 amide bonds. The van der Waals surface area contributed by atoms with Crippen molar-refractivity contribution in [3.8, 4) is 6.07 Å². The van der Waals surface area contributed by atoms with Crippen molar-refractivity contribution in [3.05, 3.63) is 28.2 Å². The van der Waals surface area contributed by atoms with Gasteiger partial charge in [-0.2, -0.15) is 5.26 Å². The van der Waals surface area contributed by atoms with E-state index in [0.717, 1.165) is 0 Å². The standard InChI is InChI=1S/C10H13N3O2/c1-15-4-2-3-13-7-9(12)5-8(6-11)10(13)14/h5,7H,2-4,12H2,1H3. The van der Waals surface area contributed by atoms with E-state index < -0.39 is 0 Å². The Hall–Kier alpha value is -1.80. The number of aromatic nitrogens is 1. The highest BCUT2D eigenvalue weighted by molar-refractivity contribution is 5.42. The number of anilines is 1. The minimum absolute atomic E-state index is 0.0763. The highest BCUT2D eigenvalue weighted by Gasteiger charge is 2.04. The molecule has 0 atom stereocenters. The molecule has 80 valence electrons. The number of rotatable bonds is 4. The van der Waals surface area contributed by atoms with Crippen LogP contribution in [-0.2, 0) is 11.3 Å². The van der Waals surface area contributed by atoms with Crippen LogP contribution in [0.3, 0.4) is 0 Å². The average molecular weight is 207 g/mol. The molecule has 0 unspecified atom stereocenters. The maximum absolute atomic E-state index is 11.6. The van der Waals surface area contributed by atoms with Crippen LogP contribution in [0.5, 0.6) is 0 Å². The monoisotopic (exact) mass is 207 g/mol. The van der Waals surface area contributed by atoms with E-state index in [1.54, 1.807) is 13.3 Å². The minimum Gasteiger partial charge on any atom is -0.398 e. The molecule has 1 aromatic rings. The molecule has 5 nitrogen and oxygen atoms in total. The van der Waals surface area contributed by atoms with Gasteiger partial charge in [-0.25, -0.2) is 0 Å². The van der Waals surface area contributed by atoms with Crippen LogP contribution >= 0.6 is 0 Å². The van der Waals surface area contributed by atoms with Gasteiger partial charge in [0.15, 0.2) is 0 Å². The van der Waals surface area contributed by atoms with Gasteiger partial charge in [0, 0.05) is 32.1 Å². The van der Waals surface area contributed by atoms with Crippen LogP contribution in [-0.4, -0.2) is 18.3 Å². The molecule has 1 aromatic heterocycles. The molecule has 1 rings (SSSR count). The van der Waals surface area contributed by atoms with Crippen LogP contribution in [0.15, 0.2) is 17.1 Å². The van der Waals surface area contributed by atoms with Crippen LogP contribution < -0.4 is 11.3 Å². The van der Waals surface area contributed by atoms with Crippen molar-refractivity contribution >= 4 is 5.69 Å². The third kappa shape index (κ3) is 2.82. The highest BCUT2D eigenvalue weighted by atomic mass is 16.5. The van der Waals surface area contributed by atoms with Gasteiger partial charge in [0.25, 0.3) is 5.56 Å². The number of pyridine rings is 1. The zero-order chi connectivity index (χ0) is 11.3. The summed E-state index contributed by atoms with van der Waals surface area (Å²) in [6.45, 7) is 1.08. The Morgan fingerprint density at radius 3 is 3.00 bits per heavy atom. The van der Waals surface area contributed by atoms with Crippen LogP contribution in [0.4, 0.5) is 5.69 Å². The smallest absolute Gasteiger partial charge is 0.268 e. The summed E-state index contributed by atoms with van der Waals surface area (Å²) in [5.74, 6) is 0. The van der Waals surface area contributed by atoms with E-state index >= 15 is 0 Å². The maximum atomic E-state index is 11.6. The SMILES string of the molecule is COCCCn1cc(N)cc(C#N)c1=O. The lowest BCUT2D eigenvalue weighted by Gasteiger charge is -2.06. The summed E-state index contributed by atoms with van der Waals surface area (Å²) >= 11 is 0. The van der Waals surface area contributed by atoms with Crippen molar-refractivity contribution < 1.29 is 4.74 Å². The summed E-state index contributed by atoms with van der Waals surface area (Å²) in [5.41, 5.74) is 5.76. The summed E-state index contributed by atoms with van der Waals surface area (Å²) in [6.07, 6.45) is 2.25. The molecule has 2 N–H and O–H groups in total. The van der Waals surface area contributed by atoms with Gasteiger partial charge in [-0.15, -0.1) is 0 Å². The van der Waals surface area contributed by atoms with Gasteiger partial charge < -0.3 is 15.0 Å². The summed E-state index contributed by atoms with van der Waals surface area (Å²) in [6, 6.07) is 3.21. The molecule has 0 aliphatic rings. The molecular formula is C10H13N3O2. The predicted octanol–water partition coefficient (Wildman–Crippen LogP) is 0.339. The lowest BCUT2D eigenvalue weighted by molar-refractivity contribution is 0.190. The Labute approximate surface area is 87.7 Å². The first-order valence-electron chi connectivity index (χ1n) is 4.58. The molecule has 0 spiro atoms. The number of nitrogens with zero attached hydrogens (tertiary/aromatic N) is 2. The molecule has 1 heterocycles. The van der Waals surface area contributed by atoms with Crippen LogP contribution in [0.1, 0.15) is 12.0 Å². The fraction of sp³-hybridized carbons (Fsp3) is 0.400. The molecule has 0 fully saturated rings. The number of hydrogen-bond donors (Lipinski definition) is 1. The third-order valence-electron chi connectivity index (χ3n) is 1.98. The number of ether oxygens (including phenoxy) is 1. The largest absolute Gasteiger partial charge is 0.398 e. The lowest BCUT2D eigenvalue weighted by Crippen LogP contribution is -2.23. The lowest BCUT2D eigenvalue weighted by atomic mass is 10.2. The van der Waals surface area contributed by atoms with E-state index in [4.69, 9.17) is 15.7 Å². The number of nitriles is 1. The number of nitrogens with two attached hydrogens (primary N) is 1. The zero-order valence-corrected chi connectivity index (χ0v) is 8.56. The molecule has 0 aliphatic heterocycles. The van der Waals surface area contributed by atoms with E-state index in [1.807, 2.05) is 6.07 Å². The van der Waals surface area contributed by atoms with Crippen molar-refractivity contribution in [2.75, 3.05) is 19.5 Å². The number of hydrogen-bond acceptors (Lipinski definition) is 4. The Kier molecular flexibility index (Phi) is 3.89. The normalized spacial score (nSPS) is 9.87. The van der Waals surface area contributed by atoms with E-state index in [-0.39, 0.29) is 11.1 Å². The average Bonchev–Trinajstić information content (AvgIpc) is 2.23. The number of aryl methyl sites for hydroxylation is 1. The van der Waals surface area contributed by atoms with Gasteiger partial charge in [0.05, 0.1) is 0 Å². The molecule has 0 radical (unpaired) electrons. The van der Waals surface area contributed by atoms with Crippen LogP contribution in [0, 0.1) is 11.3 Å². The number of nitrogen functional groups attached to an aromatic ring is 1. The second kappa shape index (κ2) is 5.17. The van der Waals surface area contributed by atoms with Gasteiger partial charge in [-0.05, 0) is 12.5 Å². The van der Waals surface area contributed by atoms with E-state index in [1.165, 1.54) is 10.6 Å². The Bertz CT molecular complexity index is 431.